The lowest BCUT2D eigenvalue weighted by molar-refractivity contribution is -0.130. The van der Waals surface area contributed by atoms with Crippen molar-refractivity contribution in [2.24, 2.45) is 5.92 Å². The highest BCUT2D eigenvalue weighted by Crippen LogP contribution is 2.20. The summed E-state index contributed by atoms with van der Waals surface area (Å²) in [6.45, 7) is 11.5. The number of hydrogen-bond donors (Lipinski definition) is 0. The van der Waals surface area contributed by atoms with Crippen molar-refractivity contribution in [2.75, 3.05) is 26.2 Å². The summed E-state index contributed by atoms with van der Waals surface area (Å²) in [5.74, 6) is 0.850. The fourth-order valence-electron chi connectivity index (χ4n) is 3.63. The van der Waals surface area contributed by atoms with Crippen LogP contribution in [0.15, 0.2) is 34.9 Å². The standard InChI is InChI=1S/C23H31ClN4O3/c1-16(2)17(3)28(13-19-5-7-20(24)8-6-19)14-22-25-21(15-31-22)23(30)27-11-9-26(10-12-27)18(4)29/h5-8,15-17H,9-14H2,1-4H3. The van der Waals surface area contributed by atoms with E-state index in [-0.39, 0.29) is 11.8 Å². The molecule has 8 heteroatoms. The lowest BCUT2D eigenvalue weighted by Crippen LogP contribution is -2.50. The molecular weight excluding hydrogens is 416 g/mol. The first-order valence-corrected chi connectivity index (χ1v) is 11.1. The number of hydrogen-bond acceptors (Lipinski definition) is 5. The maximum Gasteiger partial charge on any atom is 0.275 e. The highest BCUT2D eigenvalue weighted by atomic mass is 35.5. The van der Waals surface area contributed by atoms with Crippen LogP contribution in [0, 0.1) is 5.92 Å². The maximum absolute atomic E-state index is 12.8. The van der Waals surface area contributed by atoms with Gasteiger partial charge in [-0.3, -0.25) is 14.5 Å². The molecule has 1 fully saturated rings. The van der Waals surface area contributed by atoms with Crippen LogP contribution in [0.4, 0.5) is 0 Å². The van der Waals surface area contributed by atoms with Gasteiger partial charge in [-0.15, -0.1) is 0 Å². The van der Waals surface area contributed by atoms with Gasteiger partial charge in [0.1, 0.15) is 6.26 Å². The Kier molecular flexibility index (Phi) is 7.73. The molecule has 1 aliphatic heterocycles. The summed E-state index contributed by atoms with van der Waals surface area (Å²) in [5.41, 5.74) is 1.47. The van der Waals surface area contributed by atoms with Crippen molar-refractivity contribution in [3.8, 4) is 0 Å². The molecule has 0 aliphatic carbocycles. The fraction of sp³-hybridized carbons (Fsp3) is 0.522. The van der Waals surface area contributed by atoms with Gasteiger partial charge in [-0.1, -0.05) is 37.6 Å². The molecule has 1 saturated heterocycles. The first-order valence-electron chi connectivity index (χ1n) is 10.7. The SMILES string of the molecule is CC(=O)N1CCN(C(=O)c2coc(CN(Cc3ccc(Cl)cc3)C(C)C(C)C)n2)CC1. The van der Waals surface area contributed by atoms with E-state index >= 15 is 0 Å². The molecule has 7 nitrogen and oxygen atoms in total. The molecule has 1 atom stereocenters. The zero-order valence-electron chi connectivity index (χ0n) is 18.7. The minimum absolute atomic E-state index is 0.0378. The van der Waals surface area contributed by atoms with Crippen molar-refractivity contribution < 1.29 is 14.0 Å². The lowest BCUT2D eigenvalue weighted by atomic mass is 10.0. The van der Waals surface area contributed by atoms with Crippen LogP contribution in [0.3, 0.4) is 0 Å². The monoisotopic (exact) mass is 446 g/mol. The Hall–Kier alpha value is -2.38. The van der Waals surface area contributed by atoms with Crippen LogP contribution in [0.25, 0.3) is 0 Å². The van der Waals surface area contributed by atoms with Crippen LogP contribution < -0.4 is 0 Å². The molecule has 2 heterocycles. The third-order valence-electron chi connectivity index (χ3n) is 5.96. The number of aromatic nitrogens is 1. The van der Waals surface area contributed by atoms with Crippen LogP contribution >= 0.6 is 11.6 Å². The molecule has 31 heavy (non-hydrogen) atoms. The van der Waals surface area contributed by atoms with Crippen LogP contribution in [-0.4, -0.2) is 63.7 Å². The third kappa shape index (κ3) is 6.08. The summed E-state index contributed by atoms with van der Waals surface area (Å²) < 4.78 is 5.67. The average Bonchev–Trinajstić information content (AvgIpc) is 3.22. The largest absolute Gasteiger partial charge is 0.447 e. The van der Waals surface area contributed by atoms with Crippen molar-refractivity contribution in [1.82, 2.24) is 19.7 Å². The molecule has 0 radical (unpaired) electrons. The van der Waals surface area contributed by atoms with E-state index in [1.807, 2.05) is 24.3 Å². The van der Waals surface area contributed by atoms with E-state index in [1.165, 1.54) is 6.26 Å². The predicted molar refractivity (Wildman–Crippen MR) is 120 cm³/mol. The third-order valence-corrected chi connectivity index (χ3v) is 6.21. The summed E-state index contributed by atoms with van der Waals surface area (Å²) in [5, 5.41) is 0.715. The van der Waals surface area contributed by atoms with Gasteiger partial charge in [-0.25, -0.2) is 4.98 Å². The van der Waals surface area contributed by atoms with E-state index in [2.05, 4.69) is 30.7 Å². The molecule has 0 bridgehead atoms. The molecule has 0 saturated carbocycles. The van der Waals surface area contributed by atoms with Crippen LogP contribution in [-0.2, 0) is 17.9 Å². The van der Waals surface area contributed by atoms with Gasteiger partial charge in [0.15, 0.2) is 5.69 Å². The first kappa shape index (κ1) is 23.3. The van der Waals surface area contributed by atoms with E-state index in [0.717, 1.165) is 12.1 Å². The van der Waals surface area contributed by atoms with Crippen molar-refractivity contribution >= 4 is 23.4 Å². The molecule has 168 valence electrons. The summed E-state index contributed by atoms with van der Waals surface area (Å²) >= 11 is 6.02. The van der Waals surface area contributed by atoms with Gasteiger partial charge in [-0.2, -0.15) is 0 Å². The molecule has 2 amide bonds. The van der Waals surface area contributed by atoms with E-state index in [0.29, 0.717) is 61.3 Å². The Morgan fingerprint density at radius 1 is 1.06 bits per heavy atom. The molecule has 1 aromatic carbocycles. The van der Waals surface area contributed by atoms with E-state index < -0.39 is 0 Å². The number of carbonyl (C=O) groups is 2. The number of rotatable bonds is 7. The van der Waals surface area contributed by atoms with Gasteiger partial charge < -0.3 is 14.2 Å². The molecule has 0 spiro atoms. The number of piperazine rings is 1. The molecule has 1 aromatic heterocycles. The molecule has 0 N–H and O–H groups in total. The second kappa shape index (κ2) is 10.3. The number of benzene rings is 1. The molecular formula is C23H31ClN4O3. The number of halogens is 1. The number of oxazole rings is 1. The minimum atomic E-state index is -0.153. The molecule has 1 unspecified atom stereocenters. The summed E-state index contributed by atoms with van der Waals surface area (Å²) in [7, 11) is 0. The smallest absolute Gasteiger partial charge is 0.275 e. The Labute approximate surface area is 189 Å². The van der Waals surface area contributed by atoms with Crippen molar-refractivity contribution in [3.05, 3.63) is 52.7 Å². The van der Waals surface area contributed by atoms with E-state index in [9.17, 15) is 9.59 Å². The van der Waals surface area contributed by atoms with E-state index in [1.54, 1.807) is 16.7 Å². The molecule has 1 aliphatic rings. The van der Waals surface area contributed by atoms with Gasteiger partial charge in [-0.05, 0) is 30.5 Å². The lowest BCUT2D eigenvalue weighted by Gasteiger charge is -2.33. The average molecular weight is 447 g/mol. The quantitative estimate of drug-likeness (QED) is 0.648. The van der Waals surface area contributed by atoms with Crippen molar-refractivity contribution in [1.29, 1.82) is 0 Å². The van der Waals surface area contributed by atoms with Crippen molar-refractivity contribution in [3.63, 3.8) is 0 Å². The van der Waals surface area contributed by atoms with Crippen LogP contribution in [0.2, 0.25) is 5.02 Å². The van der Waals surface area contributed by atoms with Gasteiger partial charge in [0.25, 0.3) is 5.91 Å². The fourth-order valence-corrected chi connectivity index (χ4v) is 3.76. The van der Waals surface area contributed by atoms with Gasteiger partial charge >= 0.3 is 0 Å². The van der Waals surface area contributed by atoms with E-state index in [4.69, 9.17) is 16.0 Å². The maximum atomic E-state index is 12.8. The normalized spacial score (nSPS) is 15.6. The zero-order chi connectivity index (χ0) is 22.5. The summed E-state index contributed by atoms with van der Waals surface area (Å²) in [6, 6.07) is 8.12. The van der Waals surface area contributed by atoms with Gasteiger partial charge in [0.05, 0.1) is 6.54 Å². The predicted octanol–water partition coefficient (Wildman–Crippen LogP) is 3.68. The second-order valence-electron chi connectivity index (χ2n) is 8.44. The number of nitrogens with zero attached hydrogens (tertiary/aromatic N) is 4. The summed E-state index contributed by atoms with van der Waals surface area (Å²) in [6.07, 6.45) is 1.44. The first-order chi connectivity index (χ1) is 14.7. The molecule has 2 aromatic rings. The van der Waals surface area contributed by atoms with Crippen LogP contribution in [0.1, 0.15) is 49.6 Å². The van der Waals surface area contributed by atoms with Crippen LogP contribution in [0.5, 0.6) is 0 Å². The highest BCUT2D eigenvalue weighted by molar-refractivity contribution is 6.30. The highest BCUT2D eigenvalue weighted by Gasteiger charge is 2.26. The zero-order valence-corrected chi connectivity index (χ0v) is 19.4. The topological polar surface area (TPSA) is 69.9 Å². The Morgan fingerprint density at radius 2 is 1.68 bits per heavy atom. The minimum Gasteiger partial charge on any atom is -0.447 e. The number of amides is 2. The second-order valence-corrected chi connectivity index (χ2v) is 8.88. The molecule has 3 rings (SSSR count). The Balaban J connectivity index is 1.66. The Bertz CT molecular complexity index is 888. The van der Waals surface area contributed by atoms with Gasteiger partial charge in [0.2, 0.25) is 11.8 Å². The Morgan fingerprint density at radius 3 is 2.26 bits per heavy atom. The van der Waals surface area contributed by atoms with Crippen molar-refractivity contribution in [2.45, 2.75) is 46.8 Å². The summed E-state index contributed by atoms with van der Waals surface area (Å²) in [4.78, 5) is 34.5. The number of carbonyl (C=O) groups excluding carboxylic acids is 2. The van der Waals surface area contributed by atoms with Gasteiger partial charge in [0, 0.05) is 50.7 Å².